The number of piperidine rings is 1. The van der Waals surface area contributed by atoms with Gasteiger partial charge in [-0.3, -0.25) is 10.1 Å². The van der Waals surface area contributed by atoms with E-state index in [4.69, 9.17) is 5.11 Å². The fourth-order valence-electron chi connectivity index (χ4n) is 2.74. The summed E-state index contributed by atoms with van der Waals surface area (Å²) in [6.07, 6.45) is 3.77. The maximum atomic E-state index is 10.8. The van der Waals surface area contributed by atoms with Gasteiger partial charge >= 0.3 is 0 Å². The molecule has 106 valence electrons. The van der Waals surface area contributed by atoms with E-state index in [-0.39, 0.29) is 18.3 Å². The van der Waals surface area contributed by atoms with Crippen LogP contribution in [-0.2, 0) is 0 Å². The van der Waals surface area contributed by atoms with Gasteiger partial charge in [-0.25, -0.2) is 0 Å². The number of nitro benzene ring substituents is 1. The number of nitriles is 1. The van der Waals surface area contributed by atoms with Gasteiger partial charge in [0.25, 0.3) is 5.69 Å². The lowest BCUT2D eigenvalue weighted by molar-refractivity contribution is -0.384. The highest BCUT2D eigenvalue weighted by atomic mass is 16.6. The van der Waals surface area contributed by atoms with Crippen LogP contribution in [0.2, 0.25) is 0 Å². The Morgan fingerprint density at radius 2 is 2.30 bits per heavy atom. The average molecular weight is 275 g/mol. The first-order chi connectivity index (χ1) is 9.67. The summed E-state index contributed by atoms with van der Waals surface area (Å²) in [6.45, 7) is 0.924. The minimum atomic E-state index is -0.494. The van der Waals surface area contributed by atoms with Crippen LogP contribution in [0.15, 0.2) is 18.2 Å². The monoisotopic (exact) mass is 275 g/mol. The molecule has 0 spiro atoms. The van der Waals surface area contributed by atoms with Gasteiger partial charge in [0.1, 0.15) is 6.07 Å². The number of benzene rings is 1. The van der Waals surface area contributed by atoms with Gasteiger partial charge < -0.3 is 10.0 Å². The van der Waals surface area contributed by atoms with E-state index in [1.54, 1.807) is 6.07 Å². The van der Waals surface area contributed by atoms with Gasteiger partial charge in [-0.1, -0.05) is 0 Å². The van der Waals surface area contributed by atoms with Crippen molar-refractivity contribution < 1.29 is 10.0 Å². The summed E-state index contributed by atoms with van der Waals surface area (Å²) in [7, 11) is 0. The maximum Gasteiger partial charge on any atom is 0.270 e. The zero-order chi connectivity index (χ0) is 14.5. The molecule has 2 rings (SSSR count). The number of hydrogen-bond acceptors (Lipinski definition) is 5. The Morgan fingerprint density at radius 3 is 2.95 bits per heavy atom. The molecule has 1 saturated heterocycles. The molecule has 1 aromatic carbocycles. The van der Waals surface area contributed by atoms with Crippen molar-refractivity contribution in [2.45, 2.75) is 31.7 Å². The Bertz CT molecular complexity index is 537. The standard InChI is InChI=1S/C14H17N3O3/c15-10-11-9-13(17(19)20)4-5-14(11)16-7-2-1-3-12(16)6-8-18/h4-5,9,12,18H,1-3,6-8H2. The largest absolute Gasteiger partial charge is 0.396 e. The number of nitrogens with zero attached hydrogens (tertiary/aromatic N) is 3. The van der Waals surface area contributed by atoms with Gasteiger partial charge in [0, 0.05) is 31.3 Å². The minimum absolute atomic E-state index is 0.0685. The predicted molar refractivity (Wildman–Crippen MR) is 74.5 cm³/mol. The summed E-state index contributed by atoms with van der Waals surface area (Å²) >= 11 is 0. The second kappa shape index (κ2) is 6.35. The molecule has 1 atom stereocenters. The van der Waals surface area contributed by atoms with E-state index in [2.05, 4.69) is 4.90 Å². The lowest BCUT2D eigenvalue weighted by Gasteiger charge is -2.37. The molecule has 1 fully saturated rings. The van der Waals surface area contributed by atoms with Crippen LogP contribution in [0.1, 0.15) is 31.2 Å². The van der Waals surface area contributed by atoms with Crippen molar-refractivity contribution in [2.24, 2.45) is 0 Å². The Morgan fingerprint density at radius 1 is 1.50 bits per heavy atom. The molecule has 0 saturated carbocycles. The van der Waals surface area contributed by atoms with Crippen molar-refractivity contribution >= 4 is 11.4 Å². The van der Waals surface area contributed by atoms with E-state index in [1.165, 1.54) is 12.1 Å². The molecule has 6 nitrogen and oxygen atoms in total. The van der Waals surface area contributed by atoms with Crippen molar-refractivity contribution in [2.75, 3.05) is 18.1 Å². The zero-order valence-corrected chi connectivity index (χ0v) is 11.2. The molecule has 1 aliphatic heterocycles. The first kappa shape index (κ1) is 14.3. The van der Waals surface area contributed by atoms with Crippen molar-refractivity contribution in [1.82, 2.24) is 0 Å². The van der Waals surface area contributed by atoms with Gasteiger partial charge in [-0.15, -0.1) is 0 Å². The number of aliphatic hydroxyl groups is 1. The summed E-state index contributed by atoms with van der Waals surface area (Å²) in [5.41, 5.74) is 0.987. The molecule has 0 aliphatic carbocycles. The van der Waals surface area contributed by atoms with Crippen LogP contribution in [-0.4, -0.2) is 29.2 Å². The van der Waals surface area contributed by atoms with Crippen LogP contribution in [0.3, 0.4) is 0 Å². The second-order valence-corrected chi connectivity index (χ2v) is 4.93. The van der Waals surface area contributed by atoms with Crippen molar-refractivity contribution in [1.29, 1.82) is 5.26 Å². The number of rotatable bonds is 4. The Balaban J connectivity index is 2.35. The number of aliphatic hydroxyl groups excluding tert-OH is 1. The van der Waals surface area contributed by atoms with Gasteiger partial charge in [0.05, 0.1) is 16.2 Å². The molecule has 1 aliphatic rings. The summed E-state index contributed by atoms with van der Waals surface area (Å²) < 4.78 is 0. The molecule has 0 radical (unpaired) electrons. The molecule has 1 aromatic rings. The zero-order valence-electron chi connectivity index (χ0n) is 11.2. The highest BCUT2D eigenvalue weighted by Gasteiger charge is 2.25. The Kier molecular flexibility index (Phi) is 4.53. The molecule has 0 amide bonds. The first-order valence-electron chi connectivity index (χ1n) is 6.73. The van der Waals surface area contributed by atoms with E-state index in [0.29, 0.717) is 12.0 Å². The molecule has 20 heavy (non-hydrogen) atoms. The van der Waals surface area contributed by atoms with E-state index >= 15 is 0 Å². The number of hydrogen-bond donors (Lipinski definition) is 1. The molecule has 6 heteroatoms. The molecule has 0 bridgehead atoms. The van der Waals surface area contributed by atoms with E-state index in [0.717, 1.165) is 31.5 Å². The van der Waals surface area contributed by atoms with E-state index in [9.17, 15) is 15.4 Å². The Labute approximate surface area is 117 Å². The Hall–Kier alpha value is -2.13. The van der Waals surface area contributed by atoms with Crippen LogP contribution in [0.4, 0.5) is 11.4 Å². The van der Waals surface area contributed by atoms with Gasteiger partial charge in [0.2, 0.25) is 0 Å². The summed E-state index contributed by atoms with van der Waals surface area (Å²) in [5, 5.41) is 29.1. The van der Waals surface area contributed by atoms with Gasteiger partial charge in [-0.05, 0) is 31.7 Å². The molecular formula is C14H17N3O3. The fourth-order valence-corrected chi connectivity index (χ4v) is 2.74. The highest BCUT2D eigenvalue weighted by molar-refractivity contribution is 5.63. The van der Waals surface area contributed by atoms with E-state index < -0.39 is 4.92 Å². The number of anilines is 1. The SMILES string of the molecule is N#Cc1cc([N+](=O)[O-])ccc1N1CCCCC1CCO. The van der Waals surface area contributed by atoms with Crippen LogP contribution in [0.25, 0.3) is 0 Å². The third-order valence-electron chi connectivity index (χ3n) is 3.71. The van der Waals surface area contributed by atoms with Crippen LogP contribution in [0, 0.1) is 21.4 Å². The van der Waals surface area contributed by atoms with Crippen molar-refractivity contribution in [3.05, 3.63) is 33.9 Å². The van der Waals surface area contributed by atoms with Crippen LogP contribution in [0.5, 0.6) is 0 Å². The molecular weight excluding hydrogens is 258 g/mol. The lowest BCUT2D eigenvalue weighted by Crippen LogP contribution is -2.40. The molecule has 1 unspecified atom stereocenters. The normalized spacial score (nSPS) is 18.6. The predicted octanol–water partition coefficient (Wildman–Crippen LogP) is 2.21. The fraction of sp³-hybridized carbons (Fsp3) is 0.500. The van der Waals surface area contributed by atoms with Crippen molar-refractivity contribution in [3.8, 4) is 6.07 Å². The number of nitro groups is 1. The maximum absolute atomic E-state index is 10.8. The molecule has 0 aromatic heterocycles. The van der Waals surface area contributed by atoms with E-state index in [1.807, 2.05) is 6.07 Å². The van der Waals surface area contributed by atoms with Crippen LogP contribution < -0.4 is 4.90 Å². The number of non-ortho nitro benzene ring substituents is 1. The quantitative estimate of drug-likeness (QED) is 0.672. The lowest BCUT2D eigenvalue weighted by atomic mass is 9.97. The third kappa shape index (κ3) is 2.89. The summed E-state index contributed by atoms with van der Waals surface area (Å²) in [4.78, 5) is 12.4. The highest BCUT2D eigenvalue weighted by Crippen LogP contribution is 2.31. The third-order valence-corrected chi connectivity index (χ3v) is 3.71. The molecule has 1 N–H and O–H groups in total. The van der Waals surface area contributed by atoms with Gasteiger partial charge in [0.15, 0.2) is 0 Å². The average Bonchev–Trinajstić information content (AvgIpc) is 2.47. The molecule has 1 heterocycles. The smallest absolute Gasteiger partial charge is 0.270 e. The first-order valence-corrected chi connectivity index (χ1v) is 6.73. The summed E-state index contributed by atoms with van der Waals surface area (Å²) in [6, 6.07) is 6.63. The topological polar surface area (TPSA) is 90.4 Å². The minimum Gasteiger partial charge on any atom is -0.396 e. The van der Waals surface area contributed by atoms with Crippen molar-refractivity contribution in [3.63, 3.8) is 0 Å². The van der Waals surface area contributed by atoms with Crippen LogP contribution >= 0.6 is 0 Å². The summed E-state index contributed by atoms with van der Waals surface area (Å²) in [5.74, 6) is 0. The van der Waals surface area contributed by atoms with Gasteiger partial charge in [-0.2, -0.15) is 5.26 Å². The second-order valence-electron chi connectivity index (χ2n) is 4.93.